The quantitative estimate of drug-likeness (QED) is 0.418. The maximum Gasteiger partial charge on any atom is 0.357 e. The second kappa shape index (κ2) is 8.41. The van der Waals surface area contributed by atoms with Crippen LogP contribution in [-0.2, 0) is 4.74 Å². The van der Waals surface area contributed by atoms with Gasteiger partial charge in [0, 0.05) is 11.5 Å². The van der Waals surface area contributed by atoms with Gasteiger partial charge in [-0.1, -0.05) is 18.2 Å². The third-order valence-corrected chi connectivity index (χ3v) is 4.97. The zero-order chi connectivity index (χ0) is 21.1. The first-order valence-electron chi connectivity index (χ1n) is 9.68. The molecule has 0 saturated heterocycles. The fourth-order valence-corrected chi connectivity index (χ4v) is 3.19. The first-order chi connectivity index (χ1) is 14.6. The molecule has 0 unspecified atom stereocenters. The number of Topliss-reactive ketones (excluding diaryl/α,β-unsaturated/α-hetero) is 1. The van der Waals surface area contributed by atoms with Crippen LogP contribution >= 0.6 is 0 Å². The fourth-order valence-electron chi connectivity index (χ4n) is 3.19. The van der Waals surface area contributed by atoms with E-state index in [0.29, 0.717) is 28.7 Å². The average Bonchev–Trinajstić information content (AvgIpc) is 3.55. The monoisotopic (exact) mass is 406 g/mol. The summed E-state index contributed by atoms with van der Waals surface area (Å²) in [6.07, 6.45) is 2.14. The number of aromatic nitrogens is 2. The Balaban J connectivity index is 1.51. The van der Waals surface area contributed by atoms with E-state index in [1.54, 1.807) is 28.9 Å². The van der Waals surface area contributed by atoms with Crippen LogP contribution < -0.4 is 9.47 Å². The van der Waals surface area contributed by atoms with Crippen LogP contribution in [0.15, 0.2) is 54.6 Å². The van der Waals surface area contributed by atoms with Crippen LogP contribution in [-0.4, -0.2) is 42.4 Å². The van der Waals surface area contributed by atoms with Crippen molar-refractivity contribution >= 4 is 11.8 Å². The highest BCUT2D eigenvalue weighted by molar-refractivity contribution is 5.99. The number of carbonyl (C=O) groups is 2. The number of hydrogen-bond acceptors (Lipinski definition) is 6. The molecule has 0 radical (unpaired) electrons. The molecule has 1 saturated carbocycles. The normalized spacial score (nSPS) is 13.0. The summed E-state index contributed by atoms with van der Waals surface area (Å²) in [5.74, 6) is 0.413. The molecule has 1 aromatic heterocycles. The number of para-hydroxylation sites is 1. The summed E-state index contributed by atoms with van der Waals surface area (Å²) in [6.45, 7) is -0.382. The van der Waals surface area contributed by atoms with E-state index in [2.05, 4.69) is 5.10 Å². The maximum absolute atomic E-state index is 12.8. The van der Waals surface area contributed by atoms with Gasteiger partial charge in [-0.05, 0) is 49.2 Å². The molecule has 0 aliphatic heterocycles. The summed E-state index contributed by atoms with van der Waals surface area (Å²) >= 11 is 0. The zero-order valence-electron chi connectivity index (χ0n) is 16.8. The minimum absolute atomic E-state index is 0.309. The van der Waals surface area contributed by atoms with Gasteiger partial charge >= 0.3 is 5.97 Å². The van der Waals surface area contributed by atoms with Crippen LogP contribution in [0.1, 0.15) is 45.3 Å². The molecule has 4 rings (SSSR count). The van der Waals surface area contributed by atoms with Gasteiger partial charge in [0.05, 0.1) is 25.6 Å². The van der Waals surface area contributed by atoms with E-state index in [0.717, 1.165) is 24.2 Å². The number of carbonyl (C=O) groups excluding carboxylic acids is 2. The minimum atomic E-state index is -0.591. The van der Waals surface area contributed by atoms with Gasteiger partial charge in [-0.25, -0.2) is 9.48 Å². The summed E-state index contributed by atoms with van der Waals surface area (Å²) < 4.78 is 17.3. The largest absolute Gasteiger partial charge is 0.493 e. The maximum atomic E-state index is 12.8. The van der Waals surface area contributed by atoms with Crippen molar-refractivity contribution in [2.24, 2.45) is 0 Å². The molecule has 1 aliphatic carbocycles. The second-order valence-corrected chi connectivity index (χ2v) is 7.05. The average molecular weight is 406 g/mol. The third-order valence-electron chi connectivity index (χ3n) is 4.97. The number of benzene rings is 2. The number of ether oxygens (including phenoxy) is 3. The van der Waals surface area contributed by atoms with E-state index in [9.17, 15) is 9.59 Å². The standard InChI is InChI=1S/C23H22N2O5/c1-28-21-11-10-16(12-22(21)29-2)20(26)14-30-23(27)19-13-18(15-8-9-15)24-25(19)17-6-4-3-5-7-17/h3-7,10-13,15H,8-9,14H2,1-2H3. The van der Waals surface area contributed by atoms with Gasteiger partial charge < -0.3 is 14.2 Å². The SMILES string of the molecule is COc1ccc(C(=O)COC(=O)c2cc(C3CC3)nn2-c2ccccc2)cc1OC. The van der Waals surface area contributed by atoms with Crippen LogP contribution in [0.25, 0.3) is 5.69 Å². The lowest BCUT2D eigenvalue weighted by Gasteiger charge is -2.10. The summed E-state index contributed by atoms with van der Waals surface area (Å²) in [5.41, 5.74) is 2.32. The Kier molecular flexibility index (Phi) is 5.52. The van der Waals surface area contributed by atoms with E-state index in [1.807, 2.05) is 30.3 Å². The Morgan fingerprint density at radius 3 is 2.40 bits per heavy atom. The van der Waals surface area contributed by atoms with E-state index >= 15 is 0 Å². The Labute approximate surface area is 174 Å². The predicted octanol–water partition coefficient (Wildman–Crippen LogP) is 3.81. The molecule has 2 aromatic carbocycles. The van der Waals surface area contributed by atoms with E-state index in [1.165, 1.54) is 14.2 Å². The molecule has 30 heavy (non-hydrogen) atoms. The molecular formula is C23H22N2O5. The summed E-state index contributed by atoms with van der Waals surface area (Å²) in [5, 5.41) is 4.59. The topological polar surface area (TPSA) is 79.7 Å². The molecule has 0 N–H and O–H groups in total. The number of esters is 1. The zero-order valence-corrected chi connectivity index (χ0v) is 16.8. The van der Waals surface area contributed by atoms with Crippen LogP contribution in [0.4, 0.5) is 0 Å². The molecule has 0 amide bonds. The van der Waals surface area contributed by atoms with Gasteiger partial charge in [-0.3, -0.25) is 4.79 Å². The van der Waals surface area contributed by atoms with E-state index in [-0.39, 0.29) is 12.4 Å². The molecule has 1 heterocycles. The number of ketones is 1. The highest BCUT2D eigenvalue weighted by Gasteiger charge is 2.29. The lowest BCUT2D eigenvalue weighted by atomic mass is 10.1. The van der Waals surface area contributed by atoms with E-state index in [4.69, 9.17) is 14.2 Å². The first kappa shape index (κ1) is 19.7. The highest BCUT2D eigenvalue weighted by Crippen LogP contribution is 2.39. The van der Waals surface area contributed by atoms with Gasteiger partial charge in [0.1, 0.15) is 0 Å². The van der Waals surface area contributed by atoms with Gasteiger partial charge in [-0.15, -0.1) is 0 Å². The highest BCUT2D eigenvalue weighted by atomic mass is 16.5. The number of nitrogens with zero attached hydrogens (tertiary/aromatic N) is 2. The van der Waals surface area contributed by atoms with Gasteiger partial charge in [0.25, 0.3) is 0 Å². The fraction of sp³-hybridized carbons (Fsp3) is 0.261. The van der Waals surface area contributed by atoms with Crippen molar-refractivity contribution in [1.29, 1.82) is 0 Å². The molecule has 0 atom stereocenters. The lowest BCUT2D eigenvalue weighted by Crippen LogP contribution is -2.17. The van der Waals surface area contributed by atoms with E-state index < -0.39 is 5.97 Å². The molecule has 3 aromatic rings. The molecule has 154 valence electrons. The van der Waals surface area contributed by atoms with Crippen molar-refractivity contribution in [2.45, 2.75) is 18.8 Å². The van der Waals surface area contributed by atoms with Gasteiger partial charge in [0.15, 0.2) is 29.6 Å². The molecule has 1 fully saturated rings. The van der Waals surface area contributed by atoms with Crippen molar-refractivity contribution < 1.29 is 23.8 Å². The van der Waals surface area contributed by atoms with Gasteiger partial charge in [-0.2, -0.15) is 5.10 Å². The number of hydrogen-bond donors (Lipinski definition) is 0. The summed E-state index contributed by atoms with van der Waals surface area (Å²) in [7, 11) is 3.02. The van der Waals surface area contributed by atoms with Crippen molar-refractivity contribution in [1.82, 2.24) is 9.78 Å². The molecule has 7 heteroatoms. The van der Waals surface area contributed by atoms with Crippen LogP contribution in [0.5, 0.6) is 11.5 Å². The van der Waals surface area contributed by atoms with Crippen molar-refractivity contribution in [2.75, 3.05) is 20.8 Å². The molecule has 0 bridgehead atoms. The first-order valence-corrected chi connectivity index (χ1v) is 9.68. The molecule has 1 aliphatic rings. The van der Waals surface area contributed by atoms with Crippen molar-refractivity contribution in [3.63, 3.8) is 0 Å². The van der Waals surface area contributed by atoms with Crippen LogP contribution in [0, 0.1) is 0 Å². The Hall–Kier alpha value is -3.61. The predicted molar refractivity (Wildman–Crippen MR) is 110 cm³/mol. The Bertz CT molecular complexity index is 1070. The molecular weight excluding hydrogens is 384 g/mol. The minimum Gasteiger partial charge on any atom is -0.493 e. The Morgan fingerprint density at radius 1 is 1.00 bits per heavy atom. The number of rotatable bonds is 8. The summed E-state index contributed by atoms with van der Waals surface area (Å²) in [6, 6.07) is 16.0. The number of methoxy groups -OCH3 is 2. The second-order valence-electron chi connectivity index (χ2n) is 7.05. The molecule has 0 spiro atoms. The van der Waals surface area contributed by atoms with Crippen molar-refractivity contribution in [3.8, 4) is 17.2 Å². The summed E-state index contributed by atoms with van der Waals surface area (Å²) in [4.78, 5) is 25.3. The lowest BCUT2D eigenvalue weighted by molar-refractivity contribution is 0.0465. The smallest absolute Gasteiger partial charge is 0.357 e. The van der Waals surface area contributed by atoms with Crippen molar-refractivity contribution in [3.05, 3.63) is 71.5 Å². The Morgan fingerprint density at radius 2 is 1.73 bits per heavy atom. The molecule has 7 nitrogen and oxygen atoms in total. The van der Waals surface area contributed by atoms with Gasteiger partial charge in [0.2, 0.25) is 0 Å². The van der Waals surface area contributed by atoms with Crippen LogP contribution in [0.2, 0.25) is 0 Å². The van der Waals surface area contributed by atoms with Crippen LogP contribution in [0.3, 0.4) is 0 Å². The third kappa shape index (κ3) is 4.05.